The lowest BCUT2D eigenvalue weighted by atomic mass is 9.78. The molecule has 0 aliphatic rings. The molecule has 0 radical (unpaired) electrons. The molecule has 0 saturated heterocycles. The van der Waals surface area contributed by atoms with E-state index in [2.05, 4.69) is 19.2 Å². The third kappa shape index (κ3) is 65.7. The standard InChI is InChI=1S/C13H25NO3.C9H14O6.C9H14O3.C8H15NO3.C8H15NO2.C8H14O3.C7H12O3.C7H10O3/c1-9(2)8-13(4,5)11(16)12(17)14-7-6-10(3)15;1-5(2)6(10)3-9(15,8(13)14)4-7(11)12;1-6(2)8(11)4-5-9(12)7(3)10;1-5(2)7(10)4-3-6(9)8(11)12;1-5(2)8(11)4-7(9)6(3)10;1-5(2)7(10)4-8(11)6(3)9;2*1-5(2)6(8)3-4-7(9)10/h9,11,16H,6-8H2,1-5H3,(H,14,17);5,15H,3-4H2,1-2H3,(H,11,12)(H,13,14);6H,4-5H2,1-3H3;5-6H,3-4,9H2,1-2H3,(H,11,12);5,7H,4,9H2,1-3H3;5,8,11H,4H2,1-3H3;5H,3-4H2,1-2H3,(H,9,10);3-5H,1-2H3,(H,9,10)/b;;;;;;;4-3+/t11-;;;6-;7-;;;/m0..00.../s1. The molecule has 0 saturated carbocycles. The molecule has 0 rings (SSSR count). The molecule has 1 amide bonds. The van der Waals surface area contributed by atoms with Gasteiger partial charge in [0.25, 0.3) is 0 Å². The number of hydrogen-bond acceptors (Lipinski definition) is 23. The van der Waals surface area contributed by atoms with E-state index in [0.29, 0.717) is 18.9 Å². The summed E-state index contributed by atoms with van der Waals surface area (Å²) in [6.07, 6.45) is 0.172. The van der Waals surface area contributed by atoms with E-state index in [0.717, 1.165) is 18.6 Å². The summed E-state index contributed by atoms with van der Waals surface area (Å²) in [7, 11) is 0. The van der Waals surface area contributed by atoms with Gasteiger partial charge in [0.15, 0.2) is 28.7 Å². The van der Waals surface area contributed by atoms with Crippen molar-refractivity contribution in [2.45, 2.75) is 259 Å². The molecule has 0 heterocycles. The zero-order valence-corrected chi connectivity index (χ0v) is 61.9. The maximum Gasteiger partial charge on any atom is 0.336 e. The summed E-state index contributed by atoms with van der Waals surface area (Å²) < 4.78 is 0. The average molecular weight is 1410 g/mol. The molecule has 2 unspecified atom stereocenters. The molecule has 0 aromatic heterocycles. The van der Waals surface area contributed by atoms with E-state index in [1.54, 1.807) is 96.9 Å². The summed E-state index contributed by atoms with van der Waals surface area (Å²) in [6, 6.07) is -1.52. The summed E-state index contributed by atoms with van der Waals surface area (Å²) >= 11 is 0. The fraction of sp³-hybridized carbons (Fsp3) is 0.710. The van der Waals surface area contributed by atoms with E-state index < -0.39 is 107 Å². The van der Waals surface area contributed by atoms with Crippen LogP contribution in [0.1, 0.15) is 229 Å². The number of Topliss-reactive ketones (excluding diaryl/α,β-unsaturated/α-hetero) is 11. The van der Waals surface area contributed by atoms with Gasteiger partial charge in [-0.25, -0.2) is 9.59 Å². The van der Waals surface area contributed by atoms with Gasteiger partial charge in [-0.15, -0.1) is 0 Å². The highest BCUT2D eigenvalue weighted by atomic mass is 16.4. The SMILES string of the molecule is CC(=O)C(=O)CCC(=O)C(C)C.CC(=O)C(O)CC(=O)C(C)C.CC(=O)CCNC(=O)[C@H](O)C(C)(C)CC(C)C.CC(=O)[C@@H](N)CC(=O)C(C)C.CC(C)C(=O)/C=C/C(=O)O.CC(C)C(=O)CC(O)(CC(=O)O)C(=O)O.CC(C)C(=O)CCC(=O)O.CC(C)C(=O)CC[C@H](N)C(=O)O. The summed E-state index contributed by atoms with van der Waals surface area (Å²) in [5.74, 6) is -8.94. The fourth-order valence-corrected chi connectivity index (χ4v) is 6.38. The molecule has 98 heavy (non-hydrogen) atoms. The van der Waals surface area contributed by atoms with E-state index >= 15 is 0 Å². The number of amides is 1. The number of carbonyl (C=O) groups excluding carboxylic acids is 13. The Morgan fingerprint density at radius 1 is 0.449 bits per heavy atom. The van der Waals surface area contributed by atoms with E-state index in [1.165, 1.54) is 27.7 Å². The van der Waals surface area contributed by atoms with Gasteiger partial charge in [0.1, 0.15) is 64.5 Å². The second-order valence-electron chi connectivity index (χ2n) is 26.4. The van der Waals surface area contributed by atoms with E-state index in [4.69, 9.17) is 42.1 Å². The highest BCUT2D eigenvalue weighted by molar-refractivity contribution is 6.36. The van der Waals surface area contributed by atoms with Crippen molar-refractivity contribution < 1.29 is 127 Å². The van der Waals surface area contributed by atoms with Crippen molar-refractivity contribution in [2.24, 2.45) is 64.2 Å². The molecule has 0 aromatic carbocycles. The lowest BCUT2D eigenvalue weighted by Gasteiger charge is -2.31. The Hall–Kier alpha value is -7.60. The van der Waals surface area contributed by atoms with Crippen LogP contribution in [0.15, 0.2) is 12.2 Å². The zero-order valence-electron chi connectivity index (χ0n) is 61.9. The minimum atomic E-state index is -2.51. The fourth-order valence-electron chi connectivity index (χ4n) is 6.38. The van der Waals surface area contributed by atoms with Crippen molar-refractivity contribution in [1.29, 1.82) is 0 Å². The van der Waals surface area contributed by atoms with Gasteiger partial charge in [-0.3, -0.25) is 76.7 Å². The summed E-state index contributed by atoms with van der Waals surface area (Å²) in [5, 5.41) is 72.8. The third-order valence-corrected chi connectivity index (χ3v) is 13.2. The minimum absolute atomic E-state index is 0.0161. The molecular weight excluding hydrogens is 1290 g/mol. The number of aliphatic hydroxyl groups excluding tert-OH is 2. The Morgan fingerprint density at radius 3 is 1.15 bits per heavy atom. The first kappa shape index (κ1) is 106. The molecule has 29 heteroatoms. The maximum absolute atomic E-state index is 11.7. The highest BCUT2D eigenvalue weighted by Crippen LogP contribution is 2.29. The van der Waals surface area contributed by atoms with E-state index in [1.807, 2.05) is 13.8 Å². The third-order valence-electron chi connectivity index (χ3n) is 13.2. The van der Waals surface area contributed by atoms with Crippen molar-refractivity contribution in [3.63, 3.8) is 0 Å². The number of aliphatic carboxylic acids is 5. The number of hydrogen-bond donors (Lipinski definition) is 11. The summed E-state index contributed by atoms with van der Waals surface area (Å²) in [4.78, 5) is 193. The van der Waals surface area contributed by atoms with Crippen LogP contribution in [0.3, 0.4) is 0 Å². The number of carbonyl (C=O) groups is 18. The topological polar surface area (TPSA) is 533 Å². The van der Waals surface area contributed by atoms with Crippen molar-refractivity contribution >= 4 is 105 Å². The first-order chi connectivity index (χ1) is 44.2. The number of carboxylic acids is 5. The predicted octanol–water partition coefficient (Wildman–Crippen LogP) is 5.96. The highest BCUT2D eigenvalue weighted by Gasteiger charge is 2.41. The van der Waals surface area contributed by atoms with Crippen LogP contribution in [0.5, 0.6) is 0 Å². The monoisotopic (exact) mass is 1410 g/mol. The Bertz CT molecular complexity index is 2570. The number of allylic oxidation sites excluding steroid dienone is 1. The van der Waals surface area contributed by atoms with E-state index in [-0.39, 0.29) is 139 Å². The molecule has 0 bridgehead atoms. The van der Waals surface area contributed by atoms with E-state index in [9.17, 15) is 96.5 Å². The molecule has 0 aromatic rings. The lowest BCUT2D eigenvalue weighted by Crippen LogP contribution is -2.44. The number of aliphatic hydroxyl groups is 3. The predicted molar refractivity (Wildman–Crippen MR) is 364 cm³/mol. The smallest absolute Gasteiger partial charge is 0.336 e. The summed E-state index contributed by atoms with van der Waals surface area (Å²) in [5.41, 5.74) is 7.64. The van der Waals surface area contributed by atoms with Crippen LogP contribution in [0, 0.1) is 52.8 Å². The first-order valence-corrected chi connectivity index (χ1v) is 32.1. The van der Waals surface area contributed by atoms with Crippen molar-refractivity contribution in [3.8, 4) is 0 Å². The van der Waals surface area contributed by atoms with Crippen molar-refractivity contribution in [2.75, 3.05) is 6.54 Å². The molecule has 13 N–H and O–H groups in total. The molecule has 0 aliphatic carbocycles. The zero-order chi connectivity index (χ0) is 79.6. The molecule has 0 spiro atoms. The average Bonchev–Trinajstić information content (AvgIpc) is 0.861. The number of carboxylic acid groups (broad SMARTS) is 5. The first-order valence-electron chi connectivity index (χ1n) is 32.1. The molecular formula is C69H119N3O26. The maximum atomic E-state index is 11.7. The van der Waals surface area contributed by atoms with Crippen LogP contribution in [-0.4, -0.2) is 182 Å². The lowest BCUT2D eigenvalue weighted by molar-refractivity contribution is -0.167. The molecule has 0 fully saturated rings. The van der Waals surface area contributed by atoms with Crippen LogP contribution in [0.4, 0.5) is 0 Å². The van der Waals surface area contributed by atoms with Crippen LogP contribution in [0.25, 0.3) is 0 Å². The Kier molecular flexibility index (Phi) is 62.2. The van der Waals surface area contributed by atoms with Crippen molar-refractivity contribution in [3.05, 3.63) is 12.2 Å². The number of nitrogens with one attached hydrogen (secondary N) is 1. The molecule has 29 nitrogen and oxygen atoms in total. The van der Waals surface area contributed by atoms with Gasteiger partial charge in [0.05, 0.1) is 18.9 Å². The van der Waals surface area contributed by atoms with Gasteiger partial charge in [-0.1, -0.05) is 125 Å². The second kappa shape index (κ2) is 57.3. The van der Waals surface area contributed by atoms with Gasteiger partial charge < -0.3 is 57.6 Å². The largest absolute Gasteiger partial charge is 0.481 e. The quantitative estimate of drug-likeness (QED) is 0.0251. The van der Waals surface area contributed by atoms with Gasteiger partial charge >= 0.3 is 29.8 Å². The number of nitrogens with two attached hydrogens (primary N) is 2. The normalized spacial score (nSPS) is 12.5. The Morgan fingerprint density at radius 2 is 0.847 bits per heavy atom. The van der Waals surface area contributed by atoms with Crippen LogP contribution >= 0.6 is 0 Å². The second-order valence-corrected chi connectivity index (χ2v) is 26.4. The molecule has 0 aliphatic heterocycles. The van der Waals surface area contributed by atoms with Gasteiger partial charge in [0.2, 0.25) is 5.91 Å². The number of rotatable bonds is 38. The van der Waals surface area contributed by atoms with Crippen molar-refractivity contribution in [1.82, 2.24) is 5.32 Å². The van der Waals surface area contributed by atoms with Crippen LogP contribution in [-0.2, 0) is 86.3 Å². The minimum Gasteiger partial charge on any atom is -0.481 e. The van der Waals surface area contributed by atoms with Crippen LogP contribution in [0.2, 0.25) is 0 Å². The molecule has 5 atom stereocenters. The van der Waals surface area contributed by atoms with Gasteiger partial charge in [-0.05, 0) is 51.0 Å². The van der Waals surface area contributed by atoms with Crippen LogP contribution < -0.4 is 16.8 Å². The number of ketones is 12. The molecule has 566 valence electrons. The van der Waals surface area contributed by atoms with Gasteiger partial charge in [-0.2, -0.15) is 0 Å². The van der Waals surface area contributed by atoms with Gasteiger partial charge in [0, 0.05) is 112 Å². The summed E-state index contributed by atoms with van der Waals surface area (Å²) in [6.45, 7) is 37.8. The Labute approximate surface area is 577 Å². The Balaban J connectivity index is -0.000000158.